The van der Waals surface area contributed by atoms with Gasteiger partial charge in [-0.25, -0.2) is 4.98 Å². The summed E-state index contributed by atoms with van der Waals surface area (Å²) >= 11 is 0. The van der Waals surface area contributed by atoms with E-state index in [1.165, 1.54) is 0 Å². The van der Waals surface area contributed by atoms with Crippen LogP contribution in [0.2, 0.25) is 0 Å². The van der Waals surface area contributed by atoms with Crippen LogP contribution in [0, 0.1) is 19.8 Å². The average molecular weight is 403 g/mol. The molecule has 0 atom stereocenters. The van der Waals surface area contributed by atoms with Crippen LogP contribution in [0.3, 0.4) is 0 Å². The third kappa shape index (κ3) is 6.06. The standard InChI is InChI=1S/C21H34N6O2/c1-14(2)19-10-18(29-26-19)12-24-21(22-5)23-11-17-6-8-27(9-7-17)13-20-25-15(3)16(4)28-20/h10,14,17H,6-9,11-13H2,1-5H3,(H2,22,23,24). The number of hydrogen-bond acceptors (Lipinski definition) is 6. The molecule has 0 bridgehead atoms. The van der Waals surface area contributed by atoms with Gasteiger partial charge in [-0.15, -0.1) is 0 Å². The topological polar surface area (TPSA) is 91.7 Å². The maximum Gasteiger partial charge on any atom is 0.208 e. The number of guanidine groups is 1. The molecule has 2 aromatic heterocycles. The molecular weight excluding hydrogens is 368 g/mol. The second-order valence-electron chi connectivity index (χ2n) is 8.15. The molecule has 160 valence electrons. The maximum atomic E-state index is 5.71. The Morgan fingerprint density at radius 2 is 2.03 bits per heavy atom. The molecule has 0 aromatic carbocycles. The largest absolute Gasteiger partial charge is 0.444 e. The van der Waals surface area contributed by atoms with Crippen molar-refractivity contribution in [3.05, 3.63) is 34.9 Å². The van der Waals surface area contributed by atoms with E-state index in [2.05, 4.69) is 44.5 Å². The van der Waals surface area contributed by atoms with Crippen molar-refractivity contribution in [3.63, 3.8) is 0 Å². The zero-order chi connectivity index (χ0) is 20.8. The van der Waals surface area contributed by atoms with Crippen LogP contribution in [0.4, 0.5) is 0 Å². The van der Waals surface area contributed by atoms with Crippen molar-refractivity contribution in [1.82, 2.24) is 25.7 Å². The molecule has 0 saturated carbocycles. The number of aliphatic imine (C=N–C) groups is 1. The highest BCUT2D eigenvalue weighted by molar-refractivity contribution is 5.79. The zero-order valence-electron chi connectivity index (χ0n) is 18.3. The number of nitrogens with one attached hydrogen (secondary N) is 2. The highest BCUT2D eigenvalue weighted by Gasteiger charge is 2.21. The lowest BCUT2D eigenvalue weighted by Crippen LogP contribution is -2.42. The monoisotopic (exact) mass is 402 g/mol. The fourth-order valence-corrected chi connectivity index (χ4v) is 3.46. The van der Waals surface area contributed by atoms with Gasteiger partial charge in [-0.3, -0.25) is 9.89 Å². The number of hydrogen-bond donors (Lipinski definition) is 2. The summed E-state index contributed by atoms with van der Waals surface area (Å²) in [5.74, 6) is 4.36. The number of aromatic nitrogens is 2. The molecular formula is C21H34N6O2. The molecule has 8 heteroatoms. The van der Waals surface area contributed by atoms with E-state index in [0.29, 0.717) is 18.4 Å². The Morgan fingerprint density at radius 3 is 2.62 bits per heavy atom. The van der Waals surface area contributed by atoms with Gasteiger partial charge in [0.25, 0.3) is 0 Å². The molecule has 1 fully saturated rings. The molecule has 0 unspecified atom stereocenters. The van der Waals surface area contributed by atoms with E-state index in [-0.39, 0.29) is 0 Å². The third-order valence-electron chi connectivity index (χ3n) is 5.52. The van der Waals surface area contributed by atoms with E-state index in [1.54, 1.807) is 7.05 Å². The molecule has 8 nitrogen and oxygen atoms in total. The highest BCUT2D eigenvalue weighted by atomic mass is 16.5. The first-order valence-electron chi connectivity index (χ1n) is 10.5. The minimum Gasteiger partial charge on any atom is -0.444 e. The first kappa shape index (κ1) is 21.4. The van der Waals surface area contributed by atoms with Crippen molar-refractivity contribution < 1.29 is 8.94 Å². The van der Waals surface area contributed by atoms with Crippen molar-refractivity contribution >= 4 is 5.96 Å². The smallest absolute Gasteiger partial charge is 0.208 e. The van der Waals surface area contributed by atoms with Crippen LogP contribution in [0.25, 0.3) is 0 Å². The summed E-state index contributed by atoms with van der Waals surface area (Å²) < 4.78 is 11.1. The lowest BCUT2D eigenvalue weighted by molar-refractivity contribution is 0.164. The van der Waals surface area contributed by atoms with Gasteiger partial charge >= 0.3 is 0 Å². The minimum atomic E-state index is 0.368. The summed E-state index contributed by atoms with van der Waals surface area (Å²) in [6.07, 6.45) is 2.31. The molecule has 3 rings (SSSR count). The van der Waals surface area contributed by atoms with Gasteiger partial charge in [-0.05, 0) is 51.6 Å². The number of piperidine rings is 1. The van der Waals surface area contributed by atoms with Gasteiger partial charge in [0.05, 0.1) is 24.5 Å². The summed E-state index contributed by atoms with van der Waals surface area (Å²) in [6.45, 7) is 12.6. The predicted molar refractivity (Wildman–Crippen MR) is 113 cm³/mol. The second kappa shape index (κ2) is 9.91. The highest BCUT2D eigenvalue weighted by Crippen LogP contribution is 2.19. The molecule has 1 aliphatic heterocycles. The van der Waals surface area contributed by atoms with Gasteiger partial charge in [-0.2, -0.15) is 0 Å². The fourth-order valence-electron chi connectivity index (χ4n) is 3.46. The molecule has 3 heterocycles. The van der Waals surface area contributed by atoms with Gasteiger partial charge in [0.15, 0.2) is 11.7 Å². The Labute approximate surface area is 173 Å². The lowest BCUT2D eigenvalue weighted by atomic mass is 9.97. The number of likely N-dealkylation sites (tertiary alicyclic amines) is 1. The molecule has 29 heavy (non-hydrogen) atoms. The normalized spacial score (nSPS) is 16.6. The quantitative estimate of drug-likeness (QED) is 0.543. The molecule has 1 saturated heterocycles. The van der Waals surface area contributed by atoms with Gasteiger partial charge in [0.1, 0.15) is 5.76 Å². The number of rotatable bonds is 7. The van der Waals surface area contributed by atoms with E-state index in [1.807, 2.05) is 19.9 Å². The summed E-state index contributed by atoms with van der Waals surface area (Å²) in [5.41, 5.74) is 1.97. The van der Waals surface area contributed by atoms with Crippen LogP contribution in [-0.4, -0.2) is 47.7 Å². The Hall–Kier alpha value is -2.35. The molecule has 0 radical (unpaired) electrons. The Morgan fingerprint density at radius 1 is 1.28 bits per heavy atom. The minimum absolute atomic E-state index is 0.368. The molecule has 0 aliphatic carbocycles. The number of oxazole rings is 1. The molecule has 0 amide bonds. The summed E-state index contributed by atoms with van der Waals surface area (Å²) in [7, 11) is 1.79. The van der Waals surface area contributed by atoms with Crippen molar-refractivity contribution in [3.8, 4) is 0 Å². The Kier molecular flexibility index (Phi) is 7.30. The second-order valence-corrected chi connectivity index (χ2v) is 8.15. The van der Waals surface area contributed by atoms with E-state index in [0.717, 1.165) is 73.8 Å². The van der Waals surface area contributed by atoms with E-state index in [9.17, 15) is 0 Å². The van der Waals surface area contributed by atoms with Crippen LogP contribution in [0.1, 0.15) is 61.4 Å². The number of aryl methyl sites for hydroxylation is 2. The van der Waals surface area contributed by atoms with Crippen LogP contribution in [-0.2, 0) is 13.1 Å². The molecule has 2 N–H and O–H groups in total. The van der Waals surface area contributed by atoms with E-state index < -0.39 is 0 Å². The van der Waals surface area contributed by atoms with Gasteiger partial charge in [-0.1, -0.05) is 19.0 Å². The summed E-state index contributed by atoms with van der Waals surface area (Å²) in [5, 5.41) is 10.8. The van der Waals surface area contributed by atoms with E-state index >= 15 is 0 Å². The Bertz CT molecular complexity index is 782. The van der Waals surface area contributed by atoms with Crippen LogP contribution >= 0.6 is 0 Å². The molecule has 0 spiro atoms. The van der Waals surface area contributed by atoms with Gasteiger partial charge < -0.3 is 19.6 Å². The van der Waals surface area contributed by atoms with Crippen LogP contribution < -0.4 is 10.6 Å². The fraction of sp³-hybridized carbons (Fsp3) is 0.667. The first-order valence-corrected chi connectivity index (χ1v) is 10.5. The van der Waals surface area contributed by atoms with Crippen molar-refractivity contribution in [2.45, 2.75) is 59.5 Å². The SMILES string of the molecule is CN=C(NCc1cc(C(C)C)no1)NCC1CCN(Cc2nc(C)c(C)o2)CC1. The Balaban J connectivity index is 1.37. The summed E-state index contributed by atoms with van der Waals surface area (Å²) in [6, 6.07) is 2.00. The van der Waals surface area contributed by atoms with Gasteiger partial charge in [0, 0.05) is 19.7 Å². The maximum absolute atomic E-state index is 5.71. The third-order valence-corrected chi connectivity index (χ3v) is 5.52. The lowest BCUT2D eigenvalue weighted by Gasteiger charge is -2.31. The van der Waals surface area contributed by atoms with Crippen molar-refractivity contribution in [1.29, 1.82) is 0 Å². The number of nitrogens with zero attached hydrogens (tertiary/aromatic N) is 4. The van der Waals surface area contributed by atoms with Crippen LogP contribution in [0.5, 0.6) is 0 Å². The predicted octanol–water partition coefficient (Wildman–Crippen LogP) is 2.98. The molecule has 1 aliphatic rings. The zero-order valence-corrected chi connectivity index (χ0v) is 18.3. The van der Waals surface area contributed by atoms with Crippen LogP contribution in [0.15, 0.2) is 20.0 Å². The van der Waals surface area contributed by atoms with Gasteiger partial charge in [0.2, 0.25) is 5.89 Å². The van der Waals surface area contributed by atoms with Crippen molar-refractivity contribution in [2.75, 3.05) is 26.7 Å². The first-order chi connectivity index (χ1) is 13.9. The summed E-state index contributed by atoms with van der Waals surface area (Å²) in [4.78, 5) is 11.2. The molecule has 2 aromatic rings. The van der Waals surface area contributed by atoms with E-state index in [4.69, 9.17) is 8.94 Å². The van der Waals surface area contributed by atoms with Crippen molar-refractivity contribution in [2.24, 2.45) is 10.9 Å². The average Bonchev–Trinajstić information content (AvgIpc) is 3.30.